The molecule has 0 saturated carbocycles. The zero-order chi connectivity index (χ0) is 16.4. The number of rotatable bonds is 4. The lowest BCUT2D eigenvalue weighted by Crippen LogP contribution is -2.28. The van der Waals surface area contributed by atoms with E-state index in [2.05, 4.69) is 15.9 Å². The van der Waals surface area contributed by atoms with Crippen LogP contribution in [0.3, 0.4) is 0 Å². The highest BCUT2D eigenvalue weighted by atomic mass is 79.9. The first kappa shape index (κ1) is 18.2. The van der Waals surface area contributed by atoms with Gasteiger partial charge in [0.2, 0.25) is 10.0 Å². The van der Waals surface area contributed by atoms with Gasteiger partial charge >= 0.3 is 6.18 Å². The highest BCUT2D eigenvalue weighted by molar-refractivity contribution is 9.10. The van der Waals surface area contributed by atoms with E-state index in [1.54, 1.807) is 0 Å². The van der Waals surface area contributed by atoms with Crippen LogP contribution in [0.2, 0.25) is 5.02 Å². The highest BCUT2D eigenvalue weighted by Crippen LogP contribution is 2.29. The molecule has 11 heteroatoms. The van der Waals surface area contributed by atoms with Crippen molar-refractivity contribution in [3.8, 4) is 0 Å². The maximum absolute atomic E-state index is 12.0. The third-order valence-corrected chi connectivity index (χ3v) is 4.42. The molecule has 0 aliphatic heterocycles. The maximum atomic E-state index is 12.0. The molecule has 0 unspecified atom stereocenters. The Morgan fingerprint density at radius 1 is 1.38 bits per heavy atom. The normalized spacial score (nSPS) is 12.3. The van der Waals surface area contributed by atoms with Crippen LogP contribution in [-0.4, -0.2) is 27.0 Å². The predicted molar refractivity (Wildman–Crippen MR) is 73.5 cm³/mol. The first-order valence-corrected chi connectivity index (χ1v) is 8.00. The fourth-order valence-corrected chi connectivity index (χ4v) is 2.68. The number of hydrogen-bond donors (Lipinski definition) is 2. The predicted octanol–water partition coefficient (Wildman–Crippen LogP) is 2.43. The lowest BCUT2D eigenvalue weighted by atomic mass is 10.2. The van der Waals surface area contributed by atoms with E-state index in [9.17, 15) is 26.4 Å². The lowest BCUT2D eigenvalue weighted by molar-refractivity contribution is -0.132. The van der Waals surface area contributed by atoms with E-state index in [0.29, 0.717) is 0 Å². The van der Waals surface area contributed by atoms with Gasteiger partial charge in [-0.25, -0.2) is 13.6 Å². The smallest absolute Gasteiger partial charge is 0.352 e. The second-order valence-corrected chi connectivity index (χ2v) is 6.73. The molecule has 1 amide bonds. The van der Waals surface area contributed by atoms with Gasteiger partial charge < -0.3 is 5.32 Å². The van der Waals surface area contributed by atoms with Crippen molar-refractivity contribution < 1.29 is 26.4 Å². The molecule has 0 saturated heterocycles. The van der Waals surface area contributed by atoms with Gasteiger partial charge in [0.1, 0.15) is 0 Å². The van der Waals surface area contributed by atoms with Crippen LogP contribution in [-0.2, 0) is 10.0 Å². The molecule has 0 bridgehead atoms. The van der Waals surface area contributed by atoms with Gasteiger partial charge in [-0.15, -0.1) is 0 Å². The number of carbonyl (C=O) groups is 1. The SMILES string of the molecule is NS(=O)(=O)c1cc(Br)c(Cl)c(C(=O)NCCC(F)(F)F)c1. The van der Waals surface area contributed by atoms with Crippen molar-refractivity contribution >= 4 is 43.5 Å². The molecule has 0 heterocycles. The highest BCUT2D eigenvalue weighted by Gasteiger charge is 2.27. The summed E-state index contributed by atoms with van der Waals surface area (Å²) in [5.41, 5.74) is -0.294. The van der Waals surface area contributed by atoms with Gasteiger partial charge in [0.25, 0.3) is 5.91 Å². The quantitative estimate of drug-likeness (QED) is 0.800. The third-order valence-electron chi connectivity index (χ3n) is 2.27. The molecule has 1 rings (SSSR count). The molecule has 5 nitrogen and oxygen atoms in total. The van der Waals surface area contributed by atoms with Gasteiger partial charge in [0, 0.05) is 11.0 Å². The third kappa shape index (κ3) is 5.46. The Morgan fingerprint density at radius 3 is 2.43 bits per heavy atom. The van der Waals surface area contributed by atoms with Crippen molar-refractivity contribution in [1.29, 1.82) is 0 Å². The van der Waals surface area contributed by atoms with Gasteiger partial charge in [0.15, 0.2) is 0 Å². The fraction of sp³-hybridized carbons (Fsp3) is 0.300. The molecule has 0 radical (unpaired) electrons. The van der Waals surface area contributed by atoms with E-state index >= 15 is 0 Å². The van der Waals surface area contributed by atoms with Crippen LogP contribution in [0, 0.1) is 0 Å². The molecular formula is C10H9BrClF3N2O3S. The standard InChI is InChI=1S/C10H9BrClF3N2O3S/c11-7-4-5(21(16,19)20)3-6(8(7)12)9(18)17-2-1-10(13,14)15/h3-4H,1-2H2,(H,17,18)(H2,16,19,20). The molecule has 21 heavy (non-hydrogen) atoms. The van der Waals surface area contributed by atoms with Crippen LogP contribution >= 0.6 is 27.5 Å². The van der Waals surface area contributed by atoms with Crippen molar-refractivity contribution in [2.24, 2.45) is 5.14 Å². The number of primary sulfonamides is 1. The van der Waals surface area contributed by atoms with Gasteiger partial charge in [-0.2, -0.15) is 13.2 Å². The van der Waals surface area contributed by atoms with Crippen molar-refractivity contribution in [3.63, 3.8) is 0 Å². The van der Waals surface area contributed by atoms with E-state index in [4.69, 9.17) is 16.7 Å². The molecule has 1 aromatic carbocycles. The number of alkyl halides is 3. The number of nitrogens with two attached hydrogens (primary N) is 1. The van der Waals surface area contributed by atoms with Crippen LogP contribution in [0.1, 0.15) is 16.8 Å². The topological polar surface area (TPSA) is 89.3 Å². The van der Waals surface area contributed by atoms with E-state index in [0.717, 1.165) is 12.1 Å². The molecule has 0 fully saturated rings. The van der Waals surface area contributed by atoms with Gasteiger partial charge in [-0.05, 0) is 28.1 Å². The van der Waals surface area contributed by atoms with Crippen LogP contribution in [0.5, 0.6) is 0 Å². The number of hydrogen-bond acceptors (Lipinski definition) is 3. The van der Waals surface area contributed by atoms with Gasteiger partial charge in [-0.1, -0.05) is 11.6 Å². The second kappa shape index (κ2) is 6.51. The summed E-state index contributed by atoms with van der Waals surface area (Å²) in [6.45, 7) is -0.657. The maximum Gasteiger partial charge on any atom is 0.390 e. The van der Waals surface area contributed by atoms with Gasteiger partial charge in [0.05, 0.1) is 21.9 Å². The van der Waals surface area contributed by atoms with Crippen molar-refractivity contribution in [2.45, 2.75) is 17.5 Å². The second-order valence-electron chi connectivity index (χ2n) is 3.93. The average Bonchev–Trinajstić information content (AvgIpc) is 2.29. The molecule has 0 atom stereocenters. The van der Waals surface area contributed by atoms with Crippen molar-refractivity contribution in [1.82, 2.24) is 5.32 Å². The zero-order valence-corrected chi connectivity index (χ0v) is 13.3. The molecular weight excluding hydrogens is 401 g/mol. The van der Waals surface area contributed by atoms with Crippen LogP contribution in [0.4, 0.5) is 13.2 Å². The van der Waals surface area contributed by atoms with Gasteiger partial charge in [-0.3, -0.25) is 4.79 Å². The molecule has 118 valence electrons. The fourth-order valence-electron chi connectivity index (χ4n) is 1.31. The molecule has 0 aliphatic carbocycles. The Kier molecular flexibility index (Phi) is 5.64. The number of amides is 1. The monoisotopic (exact) mass is 408 g/mol. The van der Waals surface area contributed by atoms with Crippen LogP contribution in [0.15, 0.2) is 21.5 Å². The lowest BCUT2D eigenvalue weighted by Gasteiger charge is -2.11. The number of carbonyl (C=O) groups excluding carboxylic acids is 1. The molecule has 0 aliphatic rings. The number of nitrogens with one attached hydrogen (secondary N) is 1. The molecule has 0 spiro atoms. The minimum absolute atomic E-state index is 0.0802. The summed E-state index contributed by atoms with van der Waals surface area (Å²) >= 11 is 8.76. The summed E-state index contributed by atoms with van der Waals surface area (Å²) < 4.78 is 58.6. The summed E-state index contributed by atoms with van der Waals surface area (Å²) in [6.07, 6.45) is -5.63. The Morgan fingerprint density at radius 2 is 1.95 bits per heavy atom. The minimum Gasteiger partial charge on any atom is -0.352 e. The zero-order valence-electron chi connectivity index (χ0n) is 10.2. The summed E-state index contributed by atoms with van der Waals surface area (Å²) in [5, 5.41) is 6.80. The Balaban J connectivity index is 3.02. The van der Waals surface area contributed by atoms with E-state index < -0.39 is 35.1 Å². The average molecular weight is 410 g/mol. The molecule has 1 aromatic rings. The summed E-state index contributed by atoms with van der Waals surface area (Å²) in [7, 11) is -4.09. The van der Waals surface area contributed by atoms with E-state index in [-0.39, 0.29) is 20.0 Å². The first-order valence-electron chi connectivity index (χ1n) is 5.28. The molecule has 0 aromatic heterocycles. The summed E-state index contributed by atoms with van der Waals surface area (Å²) in [5.74, 6) is -0.935. The Labute approximate surface area is 131 Å². The number of sulfonamides is 1. The Hall–Kier alpha value is -0.840. The van der Waals surface area contributed by atoms with Crippen molar-refractivity contribution in [2.75, 3.05) is 6.54 Å². The largest absolute Gasteiger partial charge is 0.390 e. The van der Waals surface area contributed by atoms with Crippen LogP contribution < -0.4 is 10.5 Å². The van der Waals surface area contributed by atoms with Crippen molar-refractivity contribution in [3.05, 3.63) is 27.2 Å². The first-order chi connectivity index (χ1) is 9.42. The molecule has 3 N–H and O–H groups in total. The number of halogens is 5. The summed E-state index contributed by atoms with van der Waals surface area (Å²) in [6, 6.07) is 1.98. The number of benzene rings is 1. The summed E-state index contributed by atoms with van der Waals surface area (Å²) in [4.78, 5) is 11.4. The van der Waals surface area contributed by atoms with Crippen LogP contribution in [0.25, 0.3) is 0 Å². The van der Waals surface area contributed by atoms with E-state index in [1.807, 2.05) is 5.32 Å². The van der Waals surface area contributed by atoms with E-state index in [1.165, 1.54) is 0 Å². The minimum atomic E-state index is -4.42. The Bertz CT molecular complexity index is 664.